The van der Waals surface area contributed by atoms with Crippen LogP contribution >= 0.6 is 39.1 Å². The van der Waals surface area contributed by atoms with Gasteiger partial charge in [-0.3, -0.25) is 9.59 Å². The topological polar surface area (TPSA) is 62.0 Å². The Hall–Kier alpha value is -1.30. The number of nitrogens with one attached hydrogen (secondary N) is 2. The lowest BCUT2D eigenvalue weighted by molar-refractivity contribution is 0.102. The number of aromatic nitrogens is 1. The highest BCUT2D eigenvalue weighted by Crippen LogP contribution is 2.33. The molecule has 1 aromatic heterocycles. The molecule has 4 nitrogen and oxygen atoms in total. The summed E-state index contributed by atoms with van der Waals surface area (Å²) >= 11 is 15.2. The van der Waals surface area contributed by atoms with Crippen molar-refractivity contribution in [2.45, 2.75) is 0 Å². The fourth-order valence-electron chi connectivity index (χ4n) is 1.42. The van der Waals surface area contributed by atoms with Crippen molar-refractivity contribution in [2.24, 2.45) is 0 Å². The summed E-state index contributed by atoms with van der Waals surface area (Å²) in [6, 6.07) is 7.50. The molecule has 0 spiro atoms. The highest BCUT2D eigenvalue weighted by atomic mass is 79.9. The number of hydrogen-bond acceptors (Lipinski definition) is 2. The van der Waals surface area contributed by atoms with Crippen LogP contribution in [0.4, 0.5) is 5.69 Å². The molecule has 0 unspecified atom stereocenters. The highest BCUT2D eigenvalue weighted by Gasteiger charge is 2.13. The minimum atomic E-state index is -0.496. The van der Waals surface area contributed by atoms with E-state index in [2.05, 4.69) is 26.2 Å². The van der Waals surface area contributed by atoms with Gasteiger partial charge in [0.1, 0.15) is 5.69 Å². The lowest BCUT2D eigenvalue weighted by Gasteiger charge is -2.09. The van der Waals surface area contributed by atoms with Crippen molar-refractivity contribution in [3.63, 3.8) is 0 Å². The normalized spacial score (nSPS) is 10.3. The highest BCUT2D eigenvalue weighted by molar-refractivity contribution is 9.10. The minimum Gasteiger partial charge on any atom is -0.318 e. The molecule has 98 valence electrons. The monoisotopic (exact) mass is 360 g/mol. The molecule has 0 aliphatic rings. The molecule has 0 bridgehead atoms. The van der Waals surface area contributed by atoms with E-state index in [1.807, 2.05) is 0 Å². The van der Waals surface area contributed by atoms with Gasteiger partial charge in [0.15, 0.2) is 0 Å². The van der Waals surface area contributed by atoms with Crippen molar-refractivity contribution in [2.75, 3.05) is 5.32 Å². The minimum absolute atomic E-state index is 0.127. The molecule has 1 amide bonds. The van der Waals surface area contributed by atoms with Crippen LogP contribution in [-0.2, 0) is 0 Å². The van der Waals surface area contributed by atoms with E-state index in [0.717, 1.165) is 0 Å². The van der Waals surface area contributed by atoms with Crippen LogP contribution in [0.2, 0.25) is 10.0 Å². The van der Waals surface area contributed by atoms with E-state index in [0.29, 0.717) is 20.2 Å². The zero-order valence-corrected chi connectivity index (χ0v) is 12.4. The summed E-state index contributed by atoms with van der Waals surface area (Å²) in [5.74, 6) is -0.496. The summed E-state index contributed by atoms with van der Waals surface area (Å²) in [5.41, 5.74) is 0.0597. The summed E-state index contributed by atoms with van der Waals surface area (Å²) in [7, 11) is 0. The van der Waals surface area contributed by atoms with E-state index in [1.165, 1.54) is 18.2 Å². The second kappa shape index (κ2) is 5.77. The first-order valence-corrected chi connectivity index (χ1v) is 6.67. The number of rotatable bonds is 2. The molecular weight excluding hydrogens is 355 g/mol. The largest absolute Gasteiger partial charge is 0.318 e. The molecule has 0 saturated heterocycles. The third kappa shape index (κ3) is 3.37. The average molecular weight is 362 g/mol. The van der Waals surface area contributed by atoms with Crippen LogP contribution < -0.4 is 10.9 Å². The number of H-pyrrole nitrogens is 1. The molecular formula is C12H7BrCl2N2O2. The number of benzene rings is 1. The van der Waals surface area contributed by atoms with Gasteiger partial charge in [-0.15, -0.1) is 0 Å². The third-order valence-corrected chi connectivity index (χ3v) is 3.31. The van der Waals surface area contributed by atoms with Gasteiger partial charge in [0.25, 0.3) is 5.91 Å². The quantitative estimate of drug-likeness (QED) is 0.856. The van der Waals surface area contributed by atoms with Crippen LogP contribution in [0.25, 0.3) is 0 Å². The third-order valence-electron chi connectivity index (χ3n) is 2.26. The van der Waals surface area contributed by atoms with Crippen LogP contribution in [0.5, 0.6) is 0 Å². The van der Waals surface area contributed by atoms with E-state index < -0.39 is 5.91 Å². The fourth-order valence-corrected chi connectivity index (χ4v) is 2.73. The SMILES string of the molecule is O=C(Nc1c(Cl)cc(Br)cc1Cl)c1cccc(=O)[nH]1. The van der Waals surface area contributed by atoms with Gasteiger partial charge < -0.3 is 10.3 Å². The van der Waals surface area contributed by atoms with Gasteiger partial charge in [-0.05, 0) is 18.2 Å². The van der Waals surface area contributed by atoms with Crippen molar-refractivity contribution in [1.82, 2.24) is 4.98 Å². The molecule has 2 N–H and O–H groups in total. The second-order valence-electron chi connectivity index (χ2n) is 3.63. The second-order valence-corrected chi connectivity index (χ2v) is 5.36. The van der Waals surface area contributed by atoms with Gasteiger partial charge >= 0.3 is 0 Å². The van der Waals surface area contributed by atoms with E-state index in [9.17, 15) is 9.59 Å². The van der Waals surface area contributed by atoms with Crippen molar-refractivity contribution in [3.8, 4) is 0 Å². The molecule has 2 aromatic rings. The van der Waals surface area contributed by atoms with E-state index in [-0.39, 0.29) is 11.3 Å². The number of amides is 1. The standard InChI is InChI=1S/C12H7BrCl2N2O2/c13-6-4-7(14)11(8(15)5-6)17-12(19)9-2-1-3-10(18)16-9/h1-5H,(H,16,18)(H,17,19). The van der Waals surface area contributed by atoms with Crippen molar-refractivity contribution >= 4 is 50.7 Å². The average Bonchev–Trinajstić information content (AvgIpc) is 2.33. The molecule has 1 aromatic carbocycles. The maximum atomic E-state index is 11.9. The predicted molar refractivity (Wildman–Crippen MR) is 79.2 cm³/mol. The Labute approximate surface area is 126 Å². The molecule has 0 radical (unpaired) electrons. The Bertz CT molecular complexity index is 677. The Morgan fingerprint density at radius 3 is 2.42 bits per heavy atom. The van der Waals surface area contributed by atoms with Crippen LogP contribution in [-0.4, -0.2) is 10.9 Å². The first kappa shape index (κ1) is 14.1. The molecule has 2 rings (SSSR count). The van der Waals surface area contributed by atoms with Gasteiger partial charge in [0.2, 0.25) is 5.56 Å². The number of carbonyl (C=O) groups excluding carboxylic acids is 1. The summed E-state index contributed by atoms with van der Waals surface area (Å²) < 4.78 is 0.702. The smallest absolute Gasteiger partial charge is 0.272 e. The summed E-state index contributed by atoms with van der Waals surface area (Å²) in [5, 5.41) is 3.15. The van der Waals surface area contributed by atoms with E-state index in [1.54, 1.807) is 12.1 Å². The van der Waals surface area contributed by atoms with Gasteiger partial charge in [0.05, 0.1) is 15.7 Å². The molecule has 0 saturated carbocycles. The molecule has 19 heavy (non-hydrogen) atoms. The number of carbonyl (C=O) groups is 1. The molecule has 0 aliphatic heterocycles. The van der Waals surface area contributed by atoms with Crippen LogP contribution in [0.1, 0.15) is 10.5 Å². The first-order chi connectivity index (χ1) is 8.97. The number of pyridine rings is 1. The predicted octanol–water partition coefficient (Wildman–Crippen LogP) is 3.70. The fraction of sp³-hybridized carbons (Fsp3) is 0. The number of aromatic amines is 1. The summed E-state index contributed by atoms with van der Waals surface area (Å²) in [4.78, 5) is 25.5. The summed E-state index contributed by atoms with van der Waals surface area (Å²) in [6.45, 7) is 0. The Morgan fingerprint density at radius 2 is 1.84 bits per heavy atom. The Kier molecular flexibility index (Phi) is 4.29. The van der Waals surface area contributed by atoms with Crippen LogP contribution in [0.15, 0.2) is 39.6 Å². The van der Waals surface area contributed by atoms with Crippen molar-refractivity contribution in [3.05, 3.63) is 60.9 Å². The lowest BCUT2D eigenvalue weighted by atomic mass is 10.3. The van der Waals surface area contributed by atoms with Gasteiger partial charge in [0, 0.05) is 10.5 Å². The zero-order chi connectivity index (χ0) is 14.0. The molecule has 0 atom stereocenters. The van der Waals surface area contributed by atoms with Crippen LogP contribution in [0, 0.1) is 0 Å². The van der Waals surface area contributed by atoms with Crippen LogP contribution in [0.3, 0.4) is 0 Å². The molecule has 1 heterocycles. The Morgan fingerprint density at radius 1 is 1.21 bits per heavy atom. The maximum Gasteiger partial charge on any atom is 0.272 e. The number of anilines is 1. The van der Waals surface area contributed by atoms with Gasteiger partial charge in [-0.1, -0.05) is 45.2 Å². The van der Waals surface area contributed by atoms with Crippen molar-refractivity contribution in [1.29, 1.82) is 0 Å². The van der Waals surface area contributed by atoms with E-state index in [4.69, 9.17) is 23.2 Å². The maximum absolute atomic E-state index is 11.9. The van der Waals surface area contributed by atoms with Crippen molar-refractivity contribution < 1.29 is 4.79 Å². The number of hydrogen-bond donors (Lipinski definition) is 2. The number of halogens is 3. The lowest BCUT2D eigenvalue weighted by Crippen LogP contribution is -2.18. The Balaban J connectivity index is 2.32. The zero-order valence-electron chi connectivity index (χ0n) is 9.34. The van der Waals surface area contributed by atoms with Gasteiger partial charge in [-0.25, -0.2) is 0 Å². The van der Waals surface area contributed by atoms with Gasteiger partial charge in [-0.2, -0.15) is 0 Å². The molecule has 7 heteroatoms. The van der Waals surface area contributed by atoms with E-state index >= 15 is 0 Å². The first-order valence-electron chi connectivity index (χ1n) is 5.12. The molecule has 0 fully saturated rings. The molecule has 0 aliphatic carbocycles. The summed E-state index contributed by atoms with van der Waals surface area (Å²) in [6.07, 6.45) is 0.